The fourth-order valence-electron chi connectivity index (χ4n) is 1.44. The Bertz CT molecular complexity index is 668. The Morgan fingerprint density at radius 2 is 2.21 bits per heavy atom. The van der Waals surface area contributed by atoms with Crippen LogP contribution >= 0.6 is 11.3 Å². The molecule has 2 aromatic rings. The van der Waals surface area contributed by atoms with E-state index in [0.29, 0.717) is 5.69 Å². The number of sulfonamides is 1. The van der Waals surface area contributed by atoms with Crippen molar-refractivity contribution >= 4 is 27.0 Å². The topological polar surface area (TPSA) is 110 Å². The summed E-state index contributed by atoms with van der Waals surface area (Å²) >= 11 is 1.44. The molecule has 0 saturated heterocycles. The van der Waals surface area contributed by atoms with Gasteiger partial charge in [-0.05, 0) is 13.0 Å². The Labute approximate surface area is 114 Å². The van der Waals surface area contributed by atoms with Gasteiger partial charge in [0.15, 0.2) is 0 Å². The Morgan fingerprint density at radius 3 is 2.84 bits per heavy atom. The summed E-state index contributed by atoms with van der Waals surface area (Å²) < 4.78 is 26.7. The van der Waals surface area contributed by atoms with Crippen molar-refractivity contribution in [2.45, 2.75) is 18.4 Å². The largest absolute Gasteiger partial charge is 0.323 e. The van der Waals surface area contributed by atoms with Crippen molar-refractivity contribution in [1.82, 2.24) is 14.7 Å². The average Bonchev–Trinajstić information content (AvgIpc) is 2.82. The summed E-state index contributed by atoms with van der Waals surface area (Å²) in [6, 6.07) is 1.49. The summed E-state index contributed by atoms with van der Waals surface area (Å²) in [6.45, 7) is 2.05. The Morgan fingerprint density at radius 1 is 1.42 bits per heavy atom. The van der Waals surface area contributed by atoms with E-state index in [2.05, 4.69) is 20.1 Å². The van der Waals surface area contributed by atoms with Crippen molar-refractivity contribution in [3.63, 3.8) is 0 Å². The third-order valence-corrected chi connectivity index (χ3v) is 4.68. The Balaban J connectivity index is 2.18. The van der Waals surface area contributed by atoms with E-state index in [1.807, 2.05) is 6.92 Å². The normalized spacial score (nSPS) is 11.5. The van der Waals surface area contributed by atoms with Gasteiger partial charge in [-0.2, -0.15) is 0 Å². The van der Waals surface area contributed by atoms with Crippen LogP contribution in [0.3, 0.4) is 0 Å². The van der Waals surface area contributed by atoms with Gasteiger partial charge in [-0.15, -0.1) is 11.3 Å². The van der Waals surface area contributed by atoms with Gasteiger partial charge in [0.1, 0.15) is 4.90 Å². The quantitative estimate of drug-likeness (QED) is 0.551. The van der Waals surface area contributed by atoms with Crippen LogP contribution in [-0.4, -0.2) is 18.4 Å². The summed E-state index contributed by atoms with van der Waals surface area (Å²) in [4.78, 5) is 8.71. The molecule has 0 aliphatic rings. The van der Waals surface area contributed by atoms with Crippen molar-refractivity contribution in [2.24, 2.45) is 5.84 Å². The molecular formula is C10H13N5O2S2. The van der Waals surface area contributed by atoms with Crippen LogP contribution in [0.15, 0.2) is 29.6 Å². The minimum Gasteiger partial charge on any atom is -0.323 e. The van der Waals surface area contributed by atoms with Crippen LogP contribution < -0.4 is 16.0 Å². The highest BCUT2D eigenvalue weighted by atomic mass is 32.2. The molecule has 0 spiro atoms. The molecule has 4 N–H and O–H groups in total. The van der Waals surface area contributed by atoms with Crippen molar-refractivity contribution in [3.8, 4) is 0 Å². The number of aromatic nitrogens is 2. The van der Waals surface area contributed by atoms with Gasteiger partial charge in [-0.1, -0.05) is 0 Å². The summed E-state index contributed by atoms with van der Waals surface area (Å²) in [5.41, 5.74) is 2.63. The van der Waals surface area contributed by atoms with Crippen LogP contribution in [0.1, 0.15) is 9.88 Å². The summed E-state index contributed by atoms with van der Waals surface area (Å²) in [7, 11) is -3.67. The van der Waals surface area contributed by atoms with E-state index in [9.17, 15) is 8.42 Å². The van der Waals surface area contributed by atoms with Gasteiger partial charge in [0, 0.05) is 30.0 Å². The van der Waals surface area contributed by atoms with E-state index in [-0.39, 0.29) is 11.4 Å². The van der Waals surface area contributed by atoms with Crippen LogP contribution in [0.4, 0.5) is 5.69 Å². The van der Waals surface area contributed by atoms with Gasteiger partial charge in [-0.25, -0.2) is 18.1 Å². The van der Waals surface area contributed by atoms with Gasteiger partial charge in [0.2, 0.25) is 10.0 Å². The number of pyridine rings is 1. The third-order valence-electron chi connectivity index (χ3n) is 2.34. The van der Waals surface area contributed by atoms with Gasteiger partial charge in [0.25, 0.3) is 0 Å². The molecule has 2 aromatic heterocycles. The first-order valence-electron chi connectivity index (χ1n) is 5.34. The highest BCUT2D eigenvalue weighted by molar-refractivity contribution is 7.89. The second-order valence-corrected chi connectivity index (χ2v) is 6.74. The number of nitrogens with zero attached hydrogens (tertiary/aromatic N) is 2. The third kappa shape index (κ3) is 3.26. The fourth-order valence-corrected chi connectivity index (χ4v) is 3.39. The molecule has 19 heavy (non-hydrogen) atoms. The zero-order valence-corrected chi connectivity index (χ0v) is 11.8. The Hall–Kier alpha value is -1.55. The molecule has 0 saturated carbocycles. The van der Waals surface area contributed by atoms with E-state index in [0.717, 1.165) is 9.88 Å². The summed E-state index contributed by atoms with van der Waals surface area (Å²) in [5, 5.41) is 0.889. The first-order valence-corrected chi connectivity index (χ1v) is 7.64. The molecule has 102 valence electrons. The van der Waals surface area contributed by atoms with E-state index in [1.54, 1.807) is 6.20 Å². The SMILES string of the molecule is Cc1ncc(CNS(=O)(=O)c2cnccc2NN)s1. The number of hydrogen-bond acceptors (Lipinski definition) is 7. The molecule has 0 amide bonds. The van der Waals surface area contributed by atoms with Crippen molar-refractivity contribution < 1.29 is 8.42 Å². The fraction of sp³-hybridized carbons (Fsp3) is 0.200. The van der Waals surface area contributed by atoms with Crippen molar-refractivity contribution in [2.75, 3.05) is 5.43 Å². The predicted octanol–water partition coefficient (Wildman–Crippen LogP) is 0.611. The standard InChI is InChI=1S/C10H13N5O2S2/c1-7-13-4-8(18-7)5-14-19(16,17)10-6-12-3-2-9(10)15-11/h2-4,6,14H,5,11H2,1H3,(H,12,15). The lowest BCUT2D eigenvalue weighted by Crippen LogP contribution is -2.24. The number of hydrazine groups is 1. The minimum absolute atomic E-state index is 0.0127. The van der Waals surface area contributed by atoms with Crippen LogP contribution in [0.2, 0.25) is 0 Å². The van der Waals surface area contributed by atoms with E-state index in [4.69, 9.17) is 5.84 Å². The monoisotopic (exact) mass is 299 g/mol. The maximum Gasteiger partial charge on any atom is 0.244 e. The molecule has 7 nitrogen and oxygen atoms in total. The van der Waals surface area contributed by atoms with Gasteiger partial charge in [-0.3, -0.25) is 10.8 Å². The maximum absolute atomic E-state index is 12.1. The van der Waals surface area contributed by atoms with Crippen LogP contribution in [0.5, 0.6) is 0 Å². The average molecular weight is 299 g/mol. The molecule has 0 aliphatic carbocycles. The van der Waals surface area contributed by atoms with E-state index < -0.39 is 10.0 Å². The van der Waals surface area contributed by atoms with Crippen LogP contribution in [0.25, 0.3) is 0 Å². The highest BCUT2D eigenvalue weighted by Gasteiger charge is 2.18. The molecule has 0 aliphatic heterocycles. The molecule has 0 bridgehead atoms. The molecule has 9 heteroatoms. The van der Waals surface area contributed by atoms with Crippen molar-refractivity contribution in [1.29, 1.82) is 0 Å². The lowest BCUT2D eigenvalue weighted by molar-refractivity contribution is 0.581. The molecule has 2 rings (SSSR count). The van der Waals surface area contributed by atoms with Gasteiger partial charge >= 0.3 is 0 Å². The second kappa shape index (κ2) is 5.61. The first kappa shape index (κ1) is 13.9. The number of hydrogen-bond donors (Lipinski definition) is 3. The first-order chi connectivity index (χ1) is 9.03. The van der Waals surface area contributed by atoms with Crippen LogP contribution in [-0.2, 0) is 16.6 Å². The molecular weight excluding hydrogens is 286 g/mol. The molecule has 0 atom stereocenters. The van der Waals surface area contributed by atoms with Gasteiger partial charge in [0.05, 0.1) is 10.7 Å². The van der Waals surface area contributed by atoms with Crippen molar-refractivity contribution in [3.05, 3.63) is 34.5 Å². The molecule has 0 fully saturated rings. The van der Waals surface area contributed by atoms with E-state index in [1.165, 1.54) is 29.8 Å². The van der Waals surface area contributed by atoms with Crippen LogP contribution in [0, 0.1) is 6.92 Å². The van der Waals surface area contributed by atoms with Gasteiger partial charge < -0.3 is 5.43 Å². The smallest absolute Gasteiger partial charge is 0.244 e. The molecule has 0 aromatic carbocycles. The summed E-state index contributed by atoms with van der Waals surface area (Å²) in [6.07, 6.45) is 4.35. The number of thiazole rings is 1. The number of aryl methyl sites for hydroxylation is 1. The lowest BCUT2D eigenvalue weighted by atomic mass is 10.4. The Kier molecular flexibility index (Phi) is 4.10. The highest BCUT2D eigenvalue weighted by Crippen LogP contribution is 2.19. The summed E-state index contributed by atoms with van der Waals surface area (Å²) in [5.74, 6) is 5.28. The molecule has 0 radical (unpaired) electrons. The number of nitrogens with one attached hydrogen (secondary N) is 2. The number of nitrogen functional groups attached to an aromatic ring is 1. The lowest BCUT2D eigenvalue weighted by Gasteiger charge is -2.09. The zero-order valence-electron chi connectivity index (χ0n) is 10.1. The van der Waals surface area contributed by atoms with E-state index >= 15 is 0 Å². The number of rotatable bonds is 5. The number of nitrogens with two attached hydrogens (primary N) is 1. The predicted molar refractivity (Wildman–Crippen MR) is 72.9 cm³/mol. The minimum atomic E-state index is -3.67. The molecule has 2 heterocycles. The molecule has 0 unspecified atom stereocenters. The maximum atomic E-state index is 12.1. The second-order valence-electron chi connectivity index (χ2n) is 3.69. The number of anilines is 1. The zero-order chi connectivity index (χ0) is 13.9.